The van der Waals surface area contributed by atoms with Crippen LogP contribution in [0, 0.1) is 0 Å². The molecule has 0 bridgehead atoms. The molecule has 0 aliphatic heterocycles. The Balaban J connectivity index is 4.41. The first-order chi connectivity index (χ1) is 30.5. The van der Waals surface area contributed by atoms with E-state index >= 15 is 0 Å². The van der Waals surface area contributed by atoms with Gasteiger partial charge >= 0.3 is 17.9 Å². The normalized spacial score (nSPS) is 12.8. The molecule has 0 aromatic carbocycles. The Bertz CT molecular complexity index is 1220. The number of ether oxygens (including phenoxy) is 3. The quantitative estimate of drug-likeness (QED) is 0.0199. The van der Waals surface area contributed by atoms with Crippen molar-refractivity contribution in [3.8, 4) is 0 Å². The molecule has 6 nitrogen and oxygen atoms in total. The van der Waals surface area contributed by atoms with E-state index in [0.717, 1.165) is 96.3 Å². The summed E-state index contributed by atoms with van der Waals surface area (Å²) in [6, 6.07) is 0. The molecule has 0 radical (unpaired) electrons. The highest BCUT2D eigenvalue weighted by molar-refractivity contribution is 5.71. The third-order valence-electron chi connectivity index (χ3n) is 10.7. The van der Waals surface area contributed by atoms with Gasteiger partial charge in [0.05, 0.1) is 0 Å². The molecular weight excluding hydrogens is 769 g/mol. The maximum absolute atomic E-state index is 12.8. The van der Waals surface area contributed by atoms with E-state index in [1.807, 2.05) is 0 Å². The molecule has 62 heavy (non-hydrogen) atoms. The van der Waals surface area contributed by atoms with E-state index in [2.05, 4.69) is 106 Å². The molecule has 6 heteroatoms. The van der Waals surface area contributed by atoms with Gasteiger partial charge < -0.3 is 14.2 Å². The highest BCUT2D eigenvalue weighted by Gasteiger charge is 2.19. The number of hydrogen-bond donors (Lipinski definition) is 0. The van der Waals surface area contributed by atoms with Gasteiger partial charge in [-0.05, 0) is 96.3 Å². The minimum atomic E-state index is -0.801. The summed E-state index contributed by atoms with van der Waals surface area (Å²) in [6.07, 6.45) is 64.3. The summed E-state index contributed by atoms with van der Waals surface area (Å²) in [5, 5.41) is 0. The maximum Gasteiger partial charge on any atom is 0.306 e. The summed E-state index contributed by atoms with van der Waals surface area (Å²) in [5.41, 5.74) is 0. The van der Waals surface area contributed by atoms with E-state index in [0.29, 0.717) is 19.3 Å². The number of rotatable bonds is 45. The summed E-state index contributed by atoms with van der Waals surface area (Å²) in [6.45, 7) is 6.41. The van der Waals surface area contributed by atoms with Crippen LogP contribution in [0.2, 0.25) is 0 Å². The molecular formula is C56H94O6. The zero-order valence-corrected chi connectivity index (χ0v) is 40.4. The lowest BCUT2D eigenvalue weighted by atomic mass is 10.1. The number of unbranched alkanes of at least 4 members (excludes halogenated alkanes) is 23. The third kappa shape index (κ3) is 47.6. The van der Waals surface area contributed by atoms with Crippen LogP contribution in [0.15, 0.2) is 85.1 Å². The van der Waals surface area contributed by atoms with Gasteiger partial charge in [-0.1, -0.05) is 202 Å². The van der Waals surface area contributed by atoms with Crippen LogP contribution in [0.4, 0.5) is 0 Å². The van der Waals surface area contributed by atoms with E-state index < -0.39 is 6.10 Å². The highest BCUT2D eigenvalue weighted by atomic mass is 16.6. The number of esters is 3. The minimum absolute atomic E-state index is 0.102. The molecule has 0 saturated heterocycles. The first-order valence-corrected chi connectivity index (χ1v) is 25.6. The van der Waals surface area contributed by atoms with E-state index in [4.69, 9.17) is 14.2 Å². The number of carbonyl (C=O) groups is 3. The Morgan fingerprint density at radius 3 is 1.19 bits per heavy atom. The van der Waals surface area contributed by atoms with Gasteiger partial charge in [-0.2, -0.15) is 0 Å². The van der Waals surface area contributed by atoms with E-state index in [1.54, 1.807) is 0 Å². The van der Waals surface area contributed by atoms with Crippen molar-refractivity contribution in [2.75, 3.05) is 13.2 Å². The smallest absolute Gasteiger partial charge is 0.306 e. The second-order valence-electron chi connectivity index (χ2n) is 16.8. The standard InChI is InChI=1S/C56H94O6/c1-4-7-10-13-16-19-21-23-25-27-29-30-32-34-37-40-43-46-49-55(58)61-52-53(51-60-54(57)48-45-42-39-36-18-15-12-9-6-3)62-56(59)50-47-44-41-38-35-33-31-28-26-24-22-20-17-14-11-8-5-2/h9,12,16,18-19,21,23-27,29-30,36,53H,4-8,10-11,13-15,17,20,22,28,31-35,37-52H2,1-3H3/b12-9-,19-16-,23-21-,26-24-,27-25-,30-29-,36-18-. The molecule has 1 atom stereocenters. The highest BCUT2D eigenvalue weighted by Crippen LogP contribution is 2.14. The van der Waals surface area contributed by atoms with Gasteiger partial charge in [0.25, 0.3) is 0 Å². The Morgan fingerprint density at radius 2 is 0.694 bits per heavy atom. The van der Waals surface area contributed by atoms with Crippen molar-refractivity contribution in [3.63, 3.8) is 0 Å². The lowest BCUT2D eigenvalue weighted by Crippen LogP contribution is -2.30. The van der Waals surface area contributed by atoms with Crippen molar-refractivity contribution >= 4 is 17.9 Å². The Labute approximate surface area is 382 Å². The fraction of sp³-hybridized carbons (Fsp3) is 0.696. The second kappa shape index (κ2) is 50.2. The molecule has 0 rings (SSSR count). The van der Waals surface area contributed by atoms with Gasteiger partial charge in [0, 0.05) is 19.3 Å². The van der Waals surface area contributed by atoms with Crippen LogP contribution in [-0.2, 0) is 28.6 Å². The van der Waals surface area contributed by atoms with Gasteiger partial charge in [-0.25, -0.2) is 0 Å². The van der Waals surface area contributed by atoms with Crippen LogP contribution in [0.3, 0.4) is 0 Å². The zero-order valence-electron chi connectivity index (χ0n) is 40.4. The Kier molecular flexibility index (Phi) is 47.5. The van der Waals surface area contributed by atoms with Crippen LogP contribution in [0.1, 0.15) is 233 Å². The number of allylic oxidation sites excluding steroid dienone is 14. The van der Waals surface area contributed by atoms with Crippen molar-refractivity contribution in [1.29, 1.82) is 0 Å². The first kappa shape index (κ1) is 58.6. The van der Waals surface area contributed by atoms with Gasteiger partial charge in [0.15, 0.2) is 6.10 Å². The summed E-state index contributed by atoms with van der Waals surface area (Å²) in [5.74, 6) is -0.966. The molecule has 0 aliphatic rings. The van der Waals surface area contributed by atoms with Gasteiger partial charge in [0.1, 0.15) is 13.2 Å². The van der Waals surface area contributed by atoms with Crippen molar-refractivity contribution in [3.05, 3.63) is 85.1 Å². The third-order valence-corrected chi connectivity index (χ3v) is 10.7. The van der Waals surface area contributed by atoms with E-state index in [9.17, 15) is 14.4 Å². The van der Waals surface area contributed by atoms with Gasteiger partial charge in [0.2, 0.25) is 0 Å². The molecule has 0 fully saturated rings. The SMILES string of the molecule is CC/C=C\C/C=C\CCCCC(=O)OCC(COC(=O)CCCCCCC\C=C/C=C\C=C/C=C\CCCCC)OC(=O)CCCCCCCCC/C=C\CCCCCCCC. The predicted octanol–water partition coefficient (Wildman–Crippen LogP) is 16.8. The van der Waals surface area contributed by atoms with E-state index in [-0.39, 0.29) is 31.1 Å². The summed E-state index contributed by atoms with van der Waals surface area (Å²) < 4.78 is 16.7. The molecule has 0 spiro atoms. The van der Waals surface area contributed by atoms with Crippen molar-refractivity contribution < 1.29 is 28.6 Å². The van der Waals surface area contributed by atoms with Crippen molar-refractivity contribution in [2.24, 2.45) is 0 Å². The number of hydrogen-bond acceptors (Lipinski definition) is 6. The first-order valence-electron chi connectivity index (χ1n) is 25.6. The summed E-state index contributed by atoms with van der Waals surface area (Å²) >= 11 is 0. The van der Waals surface area contributed by atoms with Crippen LogP contribution in [0.5, 0.6) is 0 Å². The van der Waals surface area contributed by atoms with Gasteiger partial charge in [-0.3, -0.25) is 14.4 Å². The molecule has 0 saturated carbocycles. The monoisotopic (exact) mass is 863 g/mol. The predicted molar refractivity (Wildman–Crippen MR) is 265 cm³/mol. The van der Waals surface area contributed by atoms with Crippen LogP contribution < -0.4 is 0 Å². The molecule has 1 unspecified atom stereocenters. The average molecular weight is 863 g/mol. The largest absolute Gasteiger partial charge is 0.462 e. The lowest BCUT2D eigenvalue weighted by molar-refractivity contribution is -0.167. The maximum atomic E-state index is 12.8. The summed E-state index contributed by atoms with van der Waals surface area (Å²) in [4.78, 5) is 37.9. The Morgan fingerprint density at radius 1 is 0.355 bits per heavy atom. The molecule has 0 aromatic heterocycles. The van der Waals surface area contributed by atoms with Crippen LogP contribution in [-0.4, -0.2) is 37.2 Å². The molecule has 0 aromatic rings. The van der Waals surface area contributed by atoms with Crippen LogP contribution in [0.25, 0.3) is 0 Å². The molecule has 0 amide bonds. The van der Waals surface area contributed by atoms with Crippen molar-refractivity contribution in [2.45, 2.75) is 239 Å². The van der Waals surface area contributed by atoms with Crippen molar-refractivity contribution in [1.82, 2.24) is 0 Å². The van der Waals surface area contributed by atoms with E-state index in [1.165, 1.54) is 96.3 Å². The molecule has 0 heterocycles. The molecule has 0 aliphatic carbocycles. The topological polar surface area (TPSA) is 78.9 Å². The minimum Gasteiger partial charge on any atom is -0.462 e. The molecule has 0 N–H and O–H groups in total. The Hall–Kier alpha value is -3.41. The van der Waals surface area contributed by atoms with Crippen LogP contribution >= 0.6 is 0 Å². The lowest BCUT2D eigenvalue weighted by Gasteiger charge is -2.18. The zero-order chi connectivity index (χ0) is 45.1. The fourth-order valence-electron chi connectivity index (χ4n) is 6.84. The number of carbonyl (C=O) groups excluding carboxylic acids is 3. The molecule has 354 valence electrons. The second-order valence-corrected chi connectivity index (χ2v) is 16.8. The average Bonchev–Trinajstić information content (AvgIpc) is 3.27. The van der Waals surface area contributed by atoms with Gasteiger partial charge in [-0.15, -0.1) is 0 Å². The summed E-state index contributed by atoms with van der Waals surface area (Å²) in [7, 11) is 0. The fourth-order valence-corrected chi connectivity index (χ4v) is 6.84.